The van der Waals surface area contributed by atoms with E-state index >= 15 is 0 Å². The summed E-state index contributed by atoms with van der Waals surface area (Å²) >= 11 is 0.836. The summed E-state index contributed by atoms with van der Waals surface area (Å²) in [5.41, 5.74) is 0.620. The third-order valence-electron chi connectivity index (χ3n) is 4.44. The van der Waals surface area contributed by atoms with Crippen LogP contribution in [0.2, 0.25) is 0 Å². The van der Waals surface area contributed by atoms with Crippen molar-refractivity contribution in [3.05, 3.63) is 22.6 Å². The Morgan fingerprint density at radius 2 is 1.77 bits per heavy atom. The highest BCUT2D eigenvalue weighted by molar-refractivity contribution is 8.18. The van der Waals surface area contributed by atoms with E-state index in [-0.39, 0.29) is 23.9 Å². The van der Waals surface area contributed by atoms with Crippen LogP contribution in [0, 0.1) is 0 Å². The summed E-state index contributed by atoms with van der Waals surface area (Å²) in [5, 5.41) is 2.28. The van der Waals surface area contributed by atoms with Crippen molar-refractivity contribution in [3.8, 4) is 17.2 Å². The minimum absolute atomic E-state index is 0.0726. The normalized spacial score (nSPS) is 16.0. The summed E-state index contributed by atoms with van der Waals surface area (Å²) in [6.07, 6.45) is 1.56. The highest BCUT2D eigenvalue weighted by Crippen LogP contribution is 2.40. The number of ether oxygens (including phenoxy) is 4. The average molecular weight is 439 g/mol. The molecule has 30 heavy (non-hydrogen) atoms. The Hall–Kier alpha value is -2.72. The zero-order valence-corrected chi connectivity index (χ0v) is 18.5. The third-order valence-corrected chi connectivity index (χ3v) is 5.35. The lowest BCUT2D eigenvalue weighted by Crippen LogP contribution is -2.41. The lowest BCUT2D eigenvalue weighted by molar-refractivity contribution is -0.131. The highest BCUT2D eigenvalue weighted by atomic mass is 32.2. The second-order valence-electron chi connectivity index (χ2n) is 6.22. The summed E-state index contributed by atoms with van der Waals surface area (Å²) in [6, 6.07) is 3.37. The summed E-state index contributed by atoms with van der Waals surface area (Å²) in [6.45, 7) is 2.05. The number of amides is 3. The molecular formula is C20H26N2O7S. The maximum atomic E-state index is 12.7. The molecule has 3 amide bonds. The summed E-state index contributed by atoms with van der Waals surface area (Å²) in [7, 11) is 5.95. The number of methoxy groups -OCH3 is 4. The third kappa shape index (κ3) is 5.25. The monoisotopic (exact) mass is 438 g/mol. The van der Waals surface area contributed by atoms with Gasteiger partial charge >= 0.3 is 0 Å². The molecule has 0 bridgehead atoms. The van der Waals surface area contributed by atoms with E-state index in [0.29, 0.717) is 29.2 Å². The van der Waals surface area contributed by atoms with Gasteiger partial charge in [0.15, 0.2) is 11.5 Å². The van der Waals surface area contributed by atoms with Crippen LogP contribution in [-0.2, 0) is 14.3 Å². The molecule has 10 heteroatoms. The first-order chi connectivity index (χ1) is 14.4. The number of nitrogens with zero attached hydrogens (tertiary/aromatic N) is 1. The smallest absolute Gasteiger partial charge is 0.293 e. The Morgan fingerprint density at radius 3 is 2.27 bits per heavy atom. The van der Waals surface area contributed by atoms with Gasteiger partial charge < -0.3 is 24.3 Å². The van der Waals surface area contributed by atoms with Crippen LogP contribution in [0.25, 0.3) is 6.08 Å². The molecule has 164 valence electrons. The maximum Gasteiger partial charge on any atom is 0.293 e. The Morgan fingerprint density at radius 1 is 1.13 bits per heavy atom. The Kier molecular flexibility index (Phi) is 8.55. The van der Waals surface area contributed by atoms with Crippen LogP contribution in [0.4, 0.5) is 4.79 Å². The van der Waals surface area contributed by atoms with Crippen LogP contribution in [0.3, 0.4) is 0 Å². The molecule has 1 fully saturated rings. The van der Waals surface area contributed by atoms with Crippen molar-refractivity contribution in [3.63, 3.8) is 0 Å². The van der Waals surface area contributed by atoms with Gasteiger partial charge in [0.25, 0.3) is 11.1 Å². The average Bonchev–Trinajstić information content (AvgIpc) is 3.01. The Balaban J connectivity index is 2.12. The Bertz CT molecular complexity index is 811. The fraction of sp³-hybridized carbons (Fsp3) is 0.450. The van der Waals surface area contributed by atoms with Gasteiger partial charge in [0.1, 0.15) is 6.10 Å². The number of hydrogen-bond donors (Lipinski definition) is 1. The number of nitrogens with one attached hydrogen (secondary N) is 1. The van der Waals surface area contributed by atoms with E-state index in [1.54, 1.807) is 18.2 Å². The molecule has 1 saturated heterocycles. The van der Waals surface area contributed by atoms with Crippen LogP contribution in [0.5, 0.6) is 17.2 Å². The van der Waals surface area contributed by atoms with Gasteiger partial charge in [0, 0.05) is 20.2 Å². The Labute approximate surface area is 179 Å². The number of thioether (sulfide) groups is 1. The zero-order valence-electron chi connectivity index (χ0n) is 17.6. The van der Waals surface area contributed by atoms with Gasteiger partial charge in [-0.15, -0.1) is 0 Å². The van der Waals surface area contributed by atoms with Gasteiger partial charge in [-0.25, -0.2) is 0 Å². The second-order valence-corrected chi connectivity index (χ2v) is 7.21. The van der Waals surface area contributed by atoms with Crippen molar-refractivity contribution in [1.82, 2.24) is 10.2 Å². The van der Waals surface area contributed by atoms with Crippen LogP contribution < -0.4 is 19.5 Å². The lowest BCUT2D eigenvalue weighted by Gasteiger charge is -2.16. The first-order valence-corrected chi connectivity index (χ1v) is 10.1. The van der Waals surface area contributed by atoms with E-state index < -0.39 is 17.3 Å². The van der Waals surface area contributed by atoms with Gasteiger partial charge in [0.2, 0.25) is 11.7 Å². The van der Waals surface area contributed by atoms with E-state index in [1.807, 2.05) is 6.92 Å². The molecule has 1 aromatic carbocycles. The second kappa shape index (κ2) is 10.9. The molecule has 0 aliphatic carbocycles. The molecule has 0 spiro atoms. The number of carbonyl (C=O) groups excluding carboxylic acids is 3. The standard InChI is InChI=1S/C20H26N2O7S/c1-6-13(26-2)18(23)21-7-8-22-19(24)16(30-20(22)25)11-12-9-14(27-3)17(29-5)15(10-12)28-4/h9-11,13H,6-8H2,1-5H3,(H,21,23)/b16-11+. The first-order valence-electron chi connectivity index (χ1n) is 9.25. The largest absolute Gasteiger partial charge is 0.493 e. The molecule has 1 atom stereocenters. The number of benzene rings is 1. The first kappa shape index (κ1) is 23.6. The van der Waals surface area contributed by atoms with E-state index in [9.17, 15) is 14.4 Å². The van der Waals surface area contributed by atoms with Crippen molar-refractivity contribution in [2.75, 3.05) is 41.5 Å². The molecule has 0 radical (unpaired) electrons. The number of imide groups is 1. The van der Waals surface area contributed by atoms with Crippen molar-refractivity contribution < 1.29 is 33.3 Å². The van der Waals surface area contributed by atoms with Gasteiger partial charge in [-0.1, -0.05) is 6.92 Å². The van der Waals surface area contributed by atoms with Gasteiger partial charge in [-0.05, 0) is 42.0 Å². The number of hydrogen-bond acceptors (Lipinski definition) is 8. The lowest BCUT2D eigenvalue weighted by atomic mass is 10.1. The van der Waals surface area contributed by atoms with Crippen molar-refractivity contribution in [1.29, 1.82) is 0 Å². The molecule has 1 unspecified atom stereocenters. The predicted octanol–water partition coefficient (Wildman–Crippen LogP) is 2.29. The van der Waals surface area contributed by atoms with Crippen LogP contribution in [0.15, 0.2) is 17.0 Å². The van der Waals surface area contributed by atoms with Crippen LogP contribution in [-0.4, -0.2) is 69.6 Å². The minimum Gasteiger partial charge on any atom is -0.493 e. The zero-order chi connectivity index (χ0) is 22.3. The van der Waals surface area contributed by atoms with Crippen molar-refractivity contribution in [2.24, 2.45) is 0 Å². The molecule has 1 aliphatic rings. The van der Waals surface area contributed by atoms with Gasteiger partial charge in [-0.3, -0.25) is 19.3 Å². The van der Waals surface area contributed by atoms with Crippen LogP contribution >= 0.6 is 11.8 Å². The van der Waals surface area contributed by atoms with Crippen molar-refractivity contribution in [2.45, 2.75) is 19.4 Å². The molecular weight excluding hydrogens is 412 g/mol. The predicted molar refractivity (Wildman–Crippen MR) is 113 cm³/mol. The topological polar surface area (TPSA) is 103 Å². The fourth-order valence-electron chi connectivity index (χ4n) is 2.89. The van der Waals surface area contributed by atoms with E-state index in [1.165, 1.54) is 28.4 Å². The fourth-order valence-corrected chi connectivity index (χ4v) is 3.76. The molecule has 0 aromatic heterocycles. The molecule has 9 nitrogen and oxygen atoms in total. The highest BCUT2D eigenvalue weighted by Gasteiger charge is 2.35. The number of rotatable bonds is 10. The number of carbonyl (C=O) groups is 3. The minimum atomic E-state index is -0.556. The molecule has 1 aromatic rings. The van der Waals surface area contributed by atoms with Gasteiger partial charge in [0.05, 0.1) is 26.2 Å². The summed E-state index contributed by atoms with van der Waals surface area (Å²) in [4.78, 5) is 38.3. The van der Waals surface area contributed by atoms with Crippen molar-refractivity contribution >= 4 is 34.9 Å². The molecule has 1 heterocycles. The van der Waals surface area contributed by atoms with E-state index in [0.717, 1.165) is 16.7 Å². The SMILES string of the molecule is CCC(OC)C(=O)NCCN1C(=O)S/C(=C/c2cc(OC)c(OC)c(OC)c2)C1=O. The van der Waals surface area contributed by atoms with Gasteiger partial charge in [-0.2, -0.15) is 0 Å². The quantitative estimate of drug-likeness (QED) is 0.555. The molecule has 0 saturated carbocycles. The molecule has 2 rings (SSSR count). The van der Waals surface area contributed by atoms with E-state index in [4.69, 9.17) is 18.9 Å². The van der Waals surface area contributed by atoms with E-state index in [2.05, 4.69) is 5.32 Å². The molecule has 1 N–H and O–H groups in total. The summed E-state index contributed by atoms with van der Waals surface area (Å²) < 4.78 is 21.0. The maximum absolute atomic E-state index is 12.7. The molecule has 1 aliphatic heterocycles. The summed E-state index contributed by atoms with van der Waals surface area (Å²) in [5.74, 6) is 0.608. The van der Waals surface area contributed by atoms with Crippen LogP contribution in [0.1, 0.15) is 18.9 Å².